The van der Waals surface area contributed by atoms with Gasteiger partial charge in [-0.3, -0.25) is 4.72 Å². The van der Waals surface area contributed by atoms with Gasteiger partial charge in [-0.05, 0) is 24.6 Å². The number of hydrogen-bond acceptors (Lipinski definition) is 4. The summed E-state index contributed by atoms with van der Waals surface area (Å²) in [6.07, 6.45) is 0.630. The van der Waals surface area contributed by atoms with Gasteiger partial charge in [0, 0.05) is 6.54 Å². The minimum Gasteiger partial charge on any atom is -0.506 e. The van der Waals surface area contributed by atoms with E-state index in [0.29, 0.717) is 6.42 Å². The Morgan fingerprint density at radius 3 is 2.56 bits per heavy atom. The van der Waals surface area contributed by atoms with Crippen LogP contribution in [0.15, 0.2) is 18.2 Å². The molecule has 0 aliphatic carbocycles. The Kier molecular flexibility index (Phi) is 4.51. The number of carboxylic acid groups (broad SMARTS) is 1. The smallest absolute Gasteiger partial charge is 0.335 e. The highest BCUT2D eigenvalue weighted by molar-refractivity contribution is 7.90. The number of rotatable bonds is 6. The number of aromatic carboxylic acids is 1. The maximum Gasteiger partial charge on any atom is 0.335 e. The van der Waals surface area contributed by atoms with Crippen molar-refractivity contribution in [1.29, 1.82) is 0 Å². The summed E-state index contributed by atoms with van der Waals surface area (Å²) < 4.78 is 27.3. The molecule has 18 heavy (non-hydrogen) atoms. The first-order valence-electron chi connectivity index (χ1n) is 5.19. The van der Waals surface area contributed by atoms with E-state index in [2.05, 4.69) is 9.44 Å². The van der Waals surface area contributed by atoms with Gasteiger partial charge >= 0.3 is 5.97 Å². The van der Waals surface area contributed by atoms with Gasteiger partial charge in [0.1, 0.15) is 5.75 Å². The number of carbonyl (C=O) groups is 1. The second kappa shape index (κ2) is 5.69. The summed E-state index contributed by atoms with van der Waals surface area (Å²) in [6, 6.07) is 3.35. The molecule has 0 heterocycles. The Labute approximate surface area is 105 Å². The molecule has 1 rings (SSSR count). The Hall–Kier alpha value is -1.80. The van der Waals surface area contributed by atoms with Gasteiger partial charge in [0.05, 0.1) is 11.3 Å². The molecule has 7 nitrogen and oxygen atoms in total. The molecule has 0 spiro atoms. The third-order valence-electron chi connectivity index (χ3n) is 2.03. The van der Waals surface area contributed by atoms with E-state index in [1.54, 1.807) is 0 Å². The summed E-state index contributed by atoms with van der Waals surface area (Å²) in [5.74, 6) is -1.65. The van der Waals surface area contributed by atoms with Crippen LogP contribution in [-0.4, -0.2) is 31.1 Å². The fourth-order valence-corrected chi connectivity index (χ4v) is 2.18. The third-order valence-corrected chi connectivity index (χ3v) is 3.10. The van der Waals surface area contributed by atoms with Crippen molar-refractivity contribution in [1.82, 2.24) is 4.72 Å². The zero-order chi connectivity index (χ0) is 13.8. The number of phenolic OH excluding ortho intramolecular Hbond substituents is 1. The molecular formula is C10H14N2O5S. The molecule has 0 bridgehead atoms. The number of hydrogen-bond donors (Lipinski definition) is 4. The molecule has 0 aromatic heterocycles. The van der Waals surface area contributed by atoms with Gasteiger partial charge in [-0.2, -0.15) is 13.1 Å². The molecule has 100 valence electrons. The minimum absolute atomic E-state index is 0.0800. The zero-order valence-corrected chi connectivity index (χ0v) is 10.5. The lowest BCUT2D eigenvalue weighted by Gasteiger charge is -2.10. The topological polar surface area (TPSA) is 116 Å². The van der Waals surface area contributed by atoms with Gasteiger partial charge < -0.3 is 10.2 Å². The summed E-state index contributed by atoms with van der Waals surface area (Å²) in [7, 11) is -3.76. The second-order valence-corrected chi connectivity index (χ2v) is 5.04. The van der Waals surface area contributed by atoms with Gasteiger partial charge in [0.25, 0.3) is 10.2 Å². The van der Waals surface area contributed by atoms with Crippen molar-refractivity contribution < 1.29 is 23.4 Å². The van der Waals surface area contributed by atoms with Crippen LogP contribution in [0.2, 0.25) is 0 Å². The highest BCUT2D eigenvalue weighted by Gasteiger charge is 2.13. The first kappa shape index (κ1) is 14.3. The van der Waals surface area contributed by atoms with Gasteiger partial charge in [0.2, 0.25) is 0 Å². The van der Waals surface area contributed by atoms with E-state index in [0.717, 1.165) is 6.07 Å². The molecule has 1 aromatic rings. The summed E-state index contributed by atoms with van der Waals surface area (Å²) >= 11 is 0. The molecular weight excluding hydrogens is 260 g/mol. The van der Waals surface area contributed by atoms with E-state index < -0.39 is 21.9 Å². The molecule has 0 amide bonds. The molecule has 0 aliphatic rings. The van der Waals surface area contributed by atoms with E-state index in [4.69, 9.17) is 5.11 Å². The van der Waals surface area contributed by atoms with E-state index in [-0.39, 0.29) is 17.8 Å². The van der Waals surface area contributed by atoms with Crippen LogP contribution < -0.4 is 9.44 Å². The maximum atomic E-state index is 11.5. The SMILES string of the molecule is CCCNS(=O)(=O)Nc1ccc(C(=O)O)cc1O. The molecule has 0 fully saturated rings. The molecule has 0 aliphatic heterocycles. The number of phenols is 1. The second-order valence-electron chi connectivity index (χ2n) is 3.54. The van der Waals surface area contributed by atoms with Gasteiger partial charge in [0.15, 0.2) is 0 Å². The van der Waals surface area contributed by atoms with Crippen LogP contribution in [-0.2, 0) is 10.2 Å². The van der Waals surface area contributed by atoms with E-state index in [1.165, 1.54) is 12.1 Å². The summed E-state index contributed by atoms with van der Waals surface area (Å²) in [6.45, 7) is 2.07. The Morgan fingerprint density at radius 2 is 2.06 bits per heavy atom. The largest absolute Gasteiger partial charge is 0.506 e. The lowest BCUT2D eigenvalue weighted by molar-refractivity contribution is 0.0696. The molecule has 0 atom stereocenters. The standard InChI is InChI=1S/C10H14N2O5S/c1-2-5-11-18(16,17)12-8-4-3-7(10(14)15)6-9(8)13/h3-4,6,11-13H,2,5H2,1H3,(H,14,15). The monoisotopic (exact) mass is 274 g/mol. The van der Waals surface area contributed by atoms with Crippen molar-refractivity contribution in [2.45, 2.75) is 13.3 Å². The lowest BCUT2D eigenvalue weighted by atomic mass is 10.2. The minimum atomic E-state index is -3.76. The van der Waals surface area contributed by atoms with Crippen LogP contribution >= 0.6 is 0 Å². The highest BCUT2D eigenvalue weighted by Crippen LogP contribution is 2.24. The fraction of sp³-hybridized carbons (Fsp3) is 0.300. The third kappa shape index (κ3) is 3.90. The number of anilines is 1. The summed E-state index contributed by atoms with van der Waals surface area (Å²) in [5, 5.41) is 18.2. The molecule has 0 saturated carbocycles. The van der Waals surface area contributed by atoms with Crippen molar-refractivity contribution in [2.24, 2.45) is 0 Å². The Morgan fingerprint density at radius 1 is 1.39 bits per heavy atom. The number of benzene rings is 1. The predicted octanol–water partition coefficient (Wildman–Crippen LogP) is 0.747. The van der Waals surface area contributed by atoms with Crippen LogP contribution in [0.4, 0.5) is 5.69 Å². The molecule has 0 saturated heterocycles. The quantitative estimate of drug-likeness (QED) is 0.571. The first-order valence-corrected chi connectivity index (χ1v) is 6.67. The predicted molar refractivity (Wildman–Crippen MR) is 65.9 cm³/mol. The Bertz CT molecular complexity index is 541. The van der Waals surface area contributed by atoms with Gasteiger partial charge in [-0.25, -0.2) is 4.79 Å². The number of aromatic hydroxyl groups is 1. The van der Waals surface area contributed by atoms with Crippen LogP contribution in [0.5, 0.6) is 5.75 Å². The molecule has 0 unspecified atom stereocenters. The van der Waals surface area contributed by atoms with Crippen LogP contribution in [0.3, 0.4) is 0 Å². The van der Waals surface area contributed by atoms with E-state index in [1.807, 2.05) is 6.92 Å². The van der Waals surface area contributed by atoms with Crippen molar-refractivity contribution >= 4 is 21.9 Å². The highest BCUT2D eigenvalue weighted by atomic mass is 32.2. The van der Waals surface area contributed by atoms with E-state index >= 15 is 0 Å². The van der Waals surface area contributed by atoms with Crippen LogP contribution in [0, 0.1) is 0 Å². The van der Waals surface area contributed by atoms with Crippen molar-refractivity contribution in [2.75, 3.05) is 11.3 Å². The molecule has 1 aromatic carbocycles. The molecule has 8 heteroatoms. The summed E-state index contributed by atoms with van der Waals surface area (Å²) in [5.41, 5.74) is -0.208. The van der Waals surface area contributed by atoms with E-state index in [9.17, 15) is 18.3 Å². The van der Waals surface area contributed by atoms with Gasteiger partial charge in [-0.15, -0.1) is 0 Å². The number of carboxylic acids is 1. The normalized spacial score (nSPS) is 11.2. The maximum absolute atomic E-state index is 11.5. The van der Waals surface area contributed by atoms with Crippen LogP contribution in [0.1, 0.15) is 23.7 Å². The van der Waals surface area contributed by atoms with Crippen molar-refractivity contribution in [3.63, 3.8) is 0 Å². The number of nitrogens with one attached hydrogen (secondary N) is 2. The molecule has 0 radical (unpaired) electrons. The van der Waals surface area contributed by atoms with Crippen LogP contribution in [0.25, 0.3) is 0 Å². The van der Waals surface area contributed by atoms with Crippen molar-refractivity contribution in [3.8, 4) is 5.75 Å². The molecule has 4 N–H and O–H groups in total. The Balaban J connectivity index is 2.89. The zero-order valence-electron chi connectivity index (χ0n) is 9.67. The fourth-order valence-electron chi connectivity index (χ4n) is 1.17. The lowest BCUT2D eigenvalue weighted by Crippen LogP contribution is -2.30. The van der Waals surface area contributed by atoms with Crippen molar-refractivity contribution in [3.05, 3.63) is 23.8 Å². The summed E-state index contributed by atoms with van der Waals surface area (Å²) in [4.78, 5) is 10.6. The average Bonchev–Trinajstić information content (AvgIpc) is 2.29. The average molecular weight is 274 g/mol. The first-order chi connectivity index (χ1) is 8.35. The van der Waals surface area contributed by atoms with Gasteiger partial charge in [-0.1, -0.05) is 6.92 Å².